The molecule has 0 saturated carbocycles. The van der Waals surface area contributed by atoms with Crippen LogP contribution in [0.4, 0.5) is 0 Å². The van der Waals surface area contributed by atoms with Crippen molar-refractivity contribution >= 4 is 12.7 Å². The van der Waals surface area contributed by atoms with Crippen LogP contribution >= 0.6 is 0 Å². The SMILES string of the molecule is C=c1[nH]c(OC)n/c1=C/CC. The van der Waals surface area contributed by atoms with Crippen molar-refractivity contribution in [2.75, 3.05) is 7.11 Å². The molecule has 0 atom stereocenters. The van der Waals surface area contributed by atoms with Gasteiger partial charge in [-0.25, -0.2) is 0 Å². The molecular weight excluding hydrogens is 140 g/mol. The number of nitrogens with one attached hydrogen (secondary N) is 1. The maximum absolute atomic E-state index is 4.90. The Balaban J connectivity index is 3.18. The average molecular weight is 152 g/mol. The van der Waals surface area contributed by atoms with Crippen LogP contribution in [0.2, 0.25) is 0 Å². The summed E-state index contributed by atoms with van der Waals surface area (Å²) in [6.45, 7) is 5.83. The lowest BCUT2D eigenvalue weighted by atomic mass is 10.4. The van der Waals surface area contributed by atoms with Crippen LogP contribution < -0.4 is 15.4 Å². The number of nitrogens with zero attached hydrogens (tertiary/aromatic N) is 1. The van der Waals surface area contributed by atoms with E-state index in [1.807, 2.05) is 6.08 Å². The zero-order valence-corrected chi connectivity index (χ0v) is 6.85. The minimum atomic E-state index is 0.523. The predicted molar refractivity (Wildman–Crippen MR) is 44.7 cm³/mol. The number of hydrogen-bond acceptors (Lipinski definition) is 2. The van der Waals surface area contributed by atoms with Crippen molar-refractivity contribution < 1.29 is 4.74 Å². The van der Waals surface area contributed by atoms with Crippen LogP contribution in [-0.4, -0.2) is 17.1 Å². The van der Waals surface area contributed by atoms with E-state index < -0.39 is 0 Å². The molecule has 1 N–H and O–H groups in total. The fourth-order valence-corrected chi connectivity index (χ4v) is 0.857. The molecule has 0 spiro atoms. The second-order valence-corrected chi connectivity index (χ2v) is 2.22. The van der Waals surface area contributed by atoms with E-state index in [2.05, 4.69) is 23.5 Å². The Kier molecular flexibility index (Phi) is 2.31. The van der Waals surface area contributed by atoms with Crippen molar-refractivity contribution in [1.82, 2.24) is 9.97 Å². The molecule has 3 nitrogen and oxygen atoms in total. The second-order valence-electron chi connectivity index (χ2n) is 2.22. The molecule has 0 aromatic carbocycles. The predicted octanol–water partition coefficient (Wildman–Crippen LogP) is 0.0191. The molecule has 0 aliphatic rings. The first kappa shape index (κ1) is 7.85. The van der Waals surface area contributed by atoms with Gasteiger partial charge in [-0.3, -0.25) is 0 Å². The fraction of sp³-hybridized carbons (Fsp3) is 0.375. The fourth-order valence-electron chi connectivity index (χ4n) is 0.857. The maximum Gasteiger partial charge on any atom is 0.294 e. The Bertz CT molecular complexity index is 326. The molecule has 0 unspecified atom stereocenters. The number of imidazole rings is 1. The number of ether oxygens (including phenoxy) is 1. The first-order valence-electron chi connectivity index (χ1n) is 3.57. The average Bonchev–Trinajstić information content (AvgIpc) is 2.33. The summed E-state index contributed by atoms with van der Waals surface area (Å²) in [6.07, 6.45) is 2.96. The molecule has 60 valence electrons. The Morgan fingerprint density at radius 2 is 2.45 bits per heavy atom. The van der Waals surface area contributed by atoms with E-state index in [0.29, 0.717) is 6.01 Å². The summed E-state index contributed by atoms with van der Waals surface area (Å²) < 4.78 is 4.90. The van der Waals surface area contributed by atoms with Gasteiger partial charge in [0.2, 0.25) is 0 Å². The number of H-pyrrole nitrogens is 1. The van der Waals surface area contributed by atoms with Gasteiger partial charge in [-0.1, -0.05) is 19.6 Å². The monoisotopic (exact) mass is 152 g/mol. The van der Waals surface area contributed by atoms with Gasteiger partial charge in [0.1, 0.15) is 0 Å². The normalized spacial score (nSPS) is 12.0. The molecule has 0 aliphatic heterocycles. The zero-order valence-electron chi connectivity index (χ0n) is 6.85. The number of methoxy groups -OCH3 is 1. The lowest BCUT2D eigenvalue weighted by molar-refractivity contribution is 0.383. The van der Waals surface area contributed by atoms with Gasteiger partial charge < -0.3 is 9.72 Å². The van der Waals surface area contributed by atoms with Gasteiger partial charge in [-0.2, -0.15) is 4.98 Å². The van der Waals surface area contributed by atoms with Crippen molar-refractivity contribution in [3.8, 4) is 6.01 Å². The molecule has 1 heterocycles. The quantitative estimate of drug-likeness (QED) is 0.648. The molecule has 0 saturated heterocycles. The van der Waals surface area contributed by atoms with Gasteiger partial charge in [0.05, 0.1) is 17.8 Å². The van der Waals surface area contributed by atoms with E-state index in [4.69, 9.17) is 4.74 Å². The van der Waals surface area contributed by atoms with Crippen LogP contribution in [0.1, 0.15) is 13.3 Å². The summed E-state index contributed by atoms with van der Waals surface area (Å²) in [6, 6.07) is 0.523. The molecular formula is C8H12N2O. The second kappa shape index (κ2) is 3.23. The van der Waals surface area contributed by atoms with E-state index in [1.165, 1.54) is 0 Å². The van der Waals surface area contributed by atoms with Gasteiger partial charge in [0, 0.05) is 0 Å². The van der Waals surface area contributed by atoms with Crippen LogP contribution in [0.5, 0.6) is 6.01 Å². The highest BCUT2D eigenvalue weighted by atomic mass is 16.5. The van der Waals surface area contributed by atoms with Gasteiger partial charge in [-0.15, -0.1) is 0 Å². The number of aromatic amines is 1. The molecule has 0 aliphatic carbocycles. The Morgan fingerprint density at radius 3 is 2.91 bits per heavy atom. The highest BCUT2D eigenvalue weighted by Crippen LogP contribution is 1.88. The largest absolute Gasteiger partial charge is 0.468 e. The molecule has 1 aromatic heterocycles. The molecule has 0 bridgehead atoms. The minimum absolute atomic E-state index is 0.523. The van der Waals surface area contributed by atoms with Crippen molar-refractivity contribution in [2.24, 2.45) is 0 Å². The summed E-state index contributed by atoms with van der Waals surface area (Å²) >= 11 is 0. The standard InChI is InChI=1S/C8H12N2O/c1-4-5-7-6(2)9-8(10-7)11-3/h5H,2,4H2,1,3H3,(H,9,10)/b7-5+. The van der Waals surface area contributed by atoms with Gasteiger partial charge in [-0.05, 0) is 6.42 Å². The van der Waals surface area contributed by atoms with E-state index in [0.717, 1.165) is 17.1 Å². The van der Waals surface area contributed by atoms with E-state index in [1.54, 1.807) is 7.11 Å². The number of hydrogen-bond donors (Lipinski definition) is 1. The molecule has 11 heavy (non-hydrogen) atoms. The molecule has 0 fully saturated rings. The van der Waals surface area contributed by atoms with E-state index in [9.17, 15) is 0 Å². The van der Waals surface area contributed by atoms with E-state index in [-0.39, 0.29) is 0 Å². The lowest BCUT2D eigenvalue weighted by Gasteiger charge is -1.86. The minimum Gasteiger partial charge on any atom is -0.468 e. The highest BCUT2D eigenvalue weighted by molar-refractivity contribution is 5.20. The van der Waals surface area contributed by atoms with Crippen molar-refractivity contribution in [3.63, 3.8) is 0 Å². The third-order valence-corrected chi connectivity index (χ3v) is 1.38. The first-order chi connectivity index (χ1) is 5.27. The number of aromatic nitrogens is 2. The van der Waals surface area contributed by atoms with Crippen molar-refractivity contribution in [2.45, 2.75) is 13.3 Å². The molecule has 0 amide bonds. The summed E-state index contributed by atoms with van der Waals surface area (Å²) in [5, 5.41) is 1.69. The van der Waals surface area contributed by atoms with Crippen LogP contribution in [0.25, 0.3) is 12.7 Å². The molecule has 1 rings (SSSR count). The van der Waals surface area contributed by atoms with Gasteiger partial charge in [0.15, 0.2) is 0 Å². The van der Waals surface area contributed by atoms with Gasteiger partial charge in [0.25, 0.3) is 6.01 Å². The van der Waals surface area contributed by atoms with Crippen molar-refractivity contribution in [3.05, 3.63) is 10.7 Å². The maximum atomic E-state index is 4.90. The lowest BCUT2D eigenvalue weighted by Crippen LogP contribution is -2.22. The van der Waals surface area contributed by atoms with Crippen LogP contribution in [-0.2, 0) is 0 Å². The first-order valence-corrected chi connectivity index (χ1v) is 3.57. The zero-order chi connectivity index (χ0) is 8.27. The molecule has 0 radical (unpaired) electrons. The highest BCUT2D eigenvalue weighted by Gasteiger charge is 1.93. The Morgan fingerprint density at radius 1 is 1.73 bits per heavy atom. The summed E-state index contributed by atoms with van der Waals surface area (Å²) in [5.74, 6) is 0. The summed E-state index contributed by atoms with van der Waals surface area (Å²) in [5.41, 5.74) is 0. The smallest absolute Gasteiger partial charge is 0.294 e. The Hall–Kier alpha value is -1.25. The van der Waals surface area contributed by atoms with Crippen LogP contribution in [0.3, 0.4) is 0 Å². The molecule has 3 heteroatoms. The van der Waals surface area contributed by atoms with Crippen LogP contribution in [0, 0.1) is 0 Å². The van der Waals surface area contributed by atoms with Crippen LogP contribution in [0.15, 0.2) is 0 Å². The summed E-state index contributed by atoms with van der Waals surface area (Å²) in [7, 11) is 1.58. The van der Waals surface area contributed by atoms with E-state index >= 15 is 0 Å². The molecule has 1 aromatic rings. The number of rotatable bonds is 2. The summed E-state index contributed by atoms with van der Waals surface area (Å²) in [4.78, 5) is 7.03. The third kappa shape index (κ3) is 1.61. The Labute approximate surface area is 65.4 Å². The topological polar surface area (TPSA) is 37.9 Å². The third-order valence-electron chi connectivity index (χ3n) is 1.38. The van der Waals surface area contributed by atoms with Gasteiger partial charge >= 0.3 is 0 Å². The van der Waals surface area contributed by atoms with Crippen molar-refractivity contribution in [1.29, 1.82) is 0 Å².